The van der Waals surface area contributed by atoms with Crippen molar-refractivity contribution in [2.24, 2.45) is 11.8 Å². The van der Waals surface area contributed by atoms with Crippen LogP contribution >= 0.6 is 0 Å². The van der Waals surface area contributed by atoms with Gasteiger partial charge in [0.1, 0.15) is 6.61 Å². The Morgan fingerprint density at radius 3 is 2.26 bits per heavy atom. The van der Waals surface area contributed by atoms with Crippen molar-refractivity contribution >= 4 is 0 Å². The fourth-order valence-corrected chi connectivity index (χ4v) is 3.12. The van der Waals surface area contributed by atoms with E-state index in [2.05, 4.69) is 20.8 Å². The number of methoxy groups -OCH3 is 1. The molecule has 0 saturated heterocycles. The highest BCUT2D eigenvalue weighted by Gasteiger charge is 2.25. The van der Waals surface area contributed by atoms with E-state index in [9.17, 15) is 0 Å². The van der Waals surface area contributed by atoms with Gasteiger partial charge in [-0.25, -0.2) is 0 Å². The van der Waals surface area contributed by atoms with Crippen LogP contribution < -0.4 is 0 Å². The molecule has 2 heteroatoms. The lowest BCUT2D eigenvalue weighted by Gasteiger charge is -2.31. The Hall–Kier alpha value is -0.500. The average Bonchev–Trinajstić information content (AvgIpc) is 2.44. The first-order valence-electron chi connectivity index (χ1n) is 8.04. The van der Waals surface area contributed by atoms with Crippen LogP contribution in [0.25, 0.3) is 0 Å². The highest BCUT2D eigenvalue weighted by molar-refractivity contribution is 5.10. The second kappa shape index (κ2) is 9.41. The lowest BCUT2D eigenvalue weighted by Crippen LogP contribution is -2.19. The first-order valence-corrected chi connectivity index (χ1v) is 8.04. The van der Waals surface area contributed by atoms with Crippen LogP contribution in [0.15, 0.2) is 11.3 Å². The van der Waals surface area contributed by atoms with E-state index >= 15 is 0 Å². The highest BCUT2D eigenvalue weighted by Crippen LogP contribution is 2.37. The van der Waals surface area contributed by atoms with Gasteiger partial charge in [-0.3, -0.25) is 0 Å². The van der Waals surface area contributed by atoms with Crippen molar-refractivity contribution in [3.8, 4) is 0 Å². The second-order valence-corrected chi connectivity index (χ2v) is 5.85. The van der Waals surface area contributed by atoms with Crippen LogP contribution in [-0.4, -0.2) is 20.3 Å². The summed E-state index contributed by atoms with van der Waals surface area (Å²) in [5, 5.41) is 0. The average molecular weight is 268 g/mol. The maximum absolute atomic E-state index is 6.02. The minimum Gasteiger partial charge on any atom is -0.495 e. The molecule has 1 aliphatic carbocycles. The van der Waals surface area contributed by atoms with E-state index < -0.39 is 0 Å². The number of rotatable bonds is 8. The van der Waals surface area contributed by atoms with Gasteiger partial charge in [-0.15, -0.1) is 0 Å². The first-order chi connectivity index (χ1) is 9.22. The molecule has 0 aromatic rings. The van der Waals surface area contributed by atoms with Gasteiger partial charge >= 0.3 is 0 Å². The maximum Gasteiger partial charge on any atom is 0.111 e. The Morgan fingerprint density at radius 1 is 1.05 bits per heavy atom. The predicted octanol–water partition coefficient (Wildman–Crippen LogP) is 4.94. The standard InChI is InChI=1S/C17H32O2/c1-5-7-15-8-10-16(11-9-15)17(14(3)6-2)19-13-12-18-4/h15-16H,5-13H2,1-4H3/b17-14-. The summed E-state index contributed by atoms with van der Waals surface area (Å²) in [6, 6.07) is 0. The Morgan fingerprint density at radius 2 is 1.74 bits per heavy atom. The van der Waals surface area contributed by atoms with Crippen LogP contribution in [0, 0.1) is 11.8 Å². The van der Waals surface area contributed by atoms with Crippen LogP contribution in [0.1, 0.15) is 65.7 Å². The molecule has 1 rings (SSSR count). The quantitative estimate of drug-likeness (QED) is 0.458. The van der Waals surface area contributed by atoms with E-state index in [4.69, 9.17) is 9.47 Å². The van der Waals surface area contributed by atoms with Gasteiger partial charge < -0.3 is 9.47 Å². The van der Waals surface area contributed by atoms with E-state index in [1.165, 1.54) is 49.9 Å². The van der Waals surface area contributed by atoms with E-state index in [-0.39, 0.29) is 0 Å². The largest absolute Gasteiger partial charge is 0.495 e. The molecule has 112 valence electrons. The van der Waals surface area contributed by atoms with Crippen molar-refractivity contribution in [1.29, 1.82) is 0 Å². The topological polar surface area (TPSA) is 18.5 Å². The molecule has 0 spiro atoms. The predicted molar refractivity (Wildman–Crippen MR) is 81.2 cm³/mol. The van der Waals surface area contributed by atoms with Gasteiger partial charge in [0.15, 0.2) is 0 Å². The molecule has 0 heterocycles. The molecule has 0 aromatic carbocycles. The van der Waals surface area contributed by atoms with Crippen LogP contribution in [0.4, 0.5) is 0 Å². The Kier molecular flexibility index (Phi) is 8.20. The molecule has 1 saturated carbocycles. The molecule has 0 radical (unpaired) electrons. The summed E-state index contributed by atoms with van der Waals surface area (Å²) in [5.41, 5.74) is 1.43. The number of hydrogen-bond acceptors (Lipinski definition) is 2. The highest BCUT2D eigenvalue weighted by atomic mass is 16.5. The van der Waals surface area contributed by atoms with Gasteiger partial charge in [0.25, 0.3) is 0 Å². The molecule has 2 nitrogen and oxygen atoms in total. The summed E-state index contributed by atoms with van der Waals surface area (Å²) in [6.45, 7) is 8.12. The number of allylic oxidation sites excluding steroid dienone is 2. The molecule has 0 aliphatic heterocycles. The normalized spacial score (nSPS) is 25.1. The van der Waals surface area contributed by atoms with Gasteiger partial charge in [0, 0.05) is 13.0 Å². The molecular weight excluding hydrogens is 236 g/mol. The third-order valence-corrected chi connectivity index (χ3v) is 4.41. The van der Waals surface area contributed by atoms with Gasteiger partial charge in [0.05, 0.1) is 12.4 Å². The van der Waals surface area contributed by atoms with Crippen molar-refractivity contribution in [2.45, 2.75) is 65.7 Å². The molecule has 0 bridgehead atoms. The smallest absolute Gasteiger partial charge is 0.111 e. The van der Waals surface area contributed by atoms with Crippen LogP contribution in [0.3, 0.4) is 0 Å². The van der Waals surface area contributed by atoms with Gasteiger partial charge in [-0.1, -0.05) is 26.7 Å². The third kappa shape index (κ3) is 5.56. The summed E-state index contributed by atoms with van der Waals surface area (Å²) in [4.78, 5) is 0. The molecule has 0 aromatic heterocycles. The number of hydrogen-bond donors (Lipinski definition) is 0. The lowest BCUT2D eigenvalue weighted by molar-refractivity contribution is 0.0851. The van der Waals surface area contributed by atoms with Gasteiger partial charge in [-0.2, -0.15) is 0 Å². The molecule has 0 unspecified atom stereocenters. The maximum atomic E-state index is 6.02. The minimum atomic E-state index is 0.657. The molecule has 0 N–H and O–H groups in total. The summed E-state index contributed by atoms with van der Waals surface area (Å²) in [7, 11) is 1.73. The fraction of sp³-hybridized carbons (Fsp3) is 0.882. The molecule has 0 amide bonds. The molecule has 19 heavy (non-hydrogen) atoms. The van der Waals surface area contributed by atoms with E-state index in [0.29, 0.717) is 19.1 Å². The van der Waals surface area contributed by atoms with Crippen molar-refractivity contribution < 1.29 is 9.47 Å². The summed E-state index contributed by atoms with van der Waals surface area (Å²) in [5.74, 6) is 2.89. The summed E-state index contributed by atoms with van der Waals surface area (Å²) in [6.07, 6.45) is 9.21. The molecular formula is C17H32O2. The first kappa shape index (κ1) is 16.6. The van der Waals surface area contributed by atoms with Crippen molar-refractivity contribution in [2.75, 3.05) is 20.3 Å². The van der Waals surface area contributed by atoms with Crippen LogP contribution in [0.2, 0.25) is 0 Å². The minimum absolute atomic E-state index is 0.657. The lowest BCUT2D eigenvalue weighted by atomic mass is 9.78. The summed E-state index contributed by atoms with van der Waals surface area (Å²) >= 11 is 0. The summed E-state index contributed by atoms with van der Waals surface area (Å²) < 4.78 is 11.1. The zero-order valence-electron chi connectivity index (χ0n) is 13.3. The van der Waals surface area contributed by atoms with E-state index in [1.54, 1.807) is 7.11 Å². The van der Waals surface area contributed by atoms with E-state index in [0.717, 1.165) is 12.3 Å². The number of ether oxygens (including phenoxy) is 2. The Balaban J connectivity index is 2.53. The van der Waals surface area contributed by atoms with Crippen molar-refractivity contribution in [1.82, 2.24) is 0 Å². The van der Waals surface area contributed by atoms with Crippen molar-refractivity contribution in [3.05, 3.63) is 11.3 Å². The van der Waals surface area contributed by atoms with Gasteiger partial charge in [0.2, 0.25) is 0 Å². The third-order valence-electron chi connectivity index (χ3n) is 4.41. The molecule has 0 atom stereocenters. The van der Waals surface area contributed by atoms with Crippen molar-refractivity contribution in [3.63, 3.8) is 0 Å². The van der Waals surface area contributed by atoms with Gasteiger partial charge in [-0.05, 0) is 50.5 Å². The Labute approximate surface area is 119 Å². The fourth-order valence-electron chi connectivity index (χ4n) is 3.12. The van der Waals surface area contributed by atoms with Crippen LogP contribution in [0.5, 0.6) is 0 Å². The SMILES string of the molecule is CCCC1CCC(/C(OCCOC)=C(\C)CC)CC1. The molecule has 1 aliphatic rings. The second-order valence-electron chi connectivity index (χ2n) is 5.85. The monoisotopic (exact) mass is 268 g/mol. The molecule has 1 fully saturated rings. The zero-order chi connectivity index (χ0) is 14.1. The van der Waals surface area contributed by atoms with Crippen LogP contribution in [-0.2, 0) is 9.47 Å². The van der Waals surface area contributed by atoms with E-state index in [1.807, 2.05) is 0 Å². The zero-order valence-corrected chi connectivity index (χ0v) is 13.3. The Bertz CT molecular complexity index is 262.